The van der Waals surface area contributed by atoms with Gasteiger partial charge in [-0.15, -0.1) is 0 Å². The first-order chi connectivity index (χ1) is 14.8. The monoisotopic (exact) mass is 425 g/mol. The number of piperidine rings is 1. The van der Waals surface area contributed by atoms with Crippen molar-refractivity contribution in [2.45, 2.75) is 109 Å². The SMILES string of the molecule is CC(C)C1CC(c2ccc3c(c2)C(C(C)CC(C)(C)N2CCC4(CCO4)CC2)CC3)O1. The van der Waals surface area contributed by atoms with Crippen molar-refractivity contribution in [3.63, 3.8) is 0 Å². The molecule has 1 aromatic rings. The van der Waals surface area contributed by atoms with Crippen LogP contribution < -0.4 is 0 Å². The van der Waals surface area contributed by atoms with Crippen molar-refractivity contribution in [3.8, 4) is 0 Å². The molecule has 3 nitrogen and oxygen atoms in total. The number of likely N-dealkylation sites (tertiary alicyclic amines) is 1. The van der Waals surface area contributed by atoms with Gasteiger partial charge < -0.3 is 9.47 Å². The molecule has 172 valence electrons. The van der Waals surface area contributed by atoms with Gasteiger partial charge in [0.05, 0.1) is 24.4 Å². The average Bonchev–Trinajstić information content (AvgIpc) is 3.08. The van der Waals surface area contributed by atoms with Crippen LogP contribution in [-0.2, 0) is 15.9 Å². The van der Waals surface area contributed by atoms with Crippen LogP contribution in [0.5, 0.6) is 0 Å². The van der Waals surface area contributed by atoms with Gasteiger partial charge in [0.2, 0.25) is 0 Å². The molecule has 4 atom stereocenters. The standard InChI is InChI=1S/C28H43NO2/c1-19(2)25-17-26(31-25)22-7-6-21-8-9-23(24(21)16-22)20(3)18-27(4,5)29-13-10-28(11-14-29)12-15-30-28/h6-7,16,19-20,23,25-26H,8-15,17-18H2,1-5H3. The number of benzene rings is 1. The Balaban J connectivity index is 1.23. The minimum atomic E-state index is 0.247. The number of ether oxygens (including phenoxy) is 2. The molecule has 0 amide bonds. The van der Waals surface area contributed by atoms with E-state index >= 15 is 0 Å². The van der Waals surface area contributed by atoms with E-state index in [2.05, 4.69) is 57.7 Å². The minimum Gasteiger partial charge on any atom is -0.375 e. The zero-order valence-electron chi connectivity index (χ0n) is 20.5. The van der Waals surface area contributed by atoms with Crippen LogP contribution in [0.25, 0.3) is 0 Å². The lowest BCUT2D eigenvalue weighted by molar-refractivity contribution is -0.179. The molecule has 3 saturated heterocycles. The fraction of sp³-hybridized carbons (Fsp3) is 0.786. The smallest absolute Gasteiger partial charge is 0.0853 e. The fourth-order valence-corrected chi connectivity index (χ4v) is 6.86. The second kappa shape index (κ2) is 8.15. The van der Waals surface area contributed by atoms with Gasteiger partial charge in [-0.1, -0.05) is 39.0 Å². The molecular weight excluding hydrogens is 382 g/mol. The van der Waals surface area contributed by atoms with Crippen molar-refractivity contribution in [1.82, 2.24) is 4.90 Å². The van der Waals surface area contributed by atoms with Gasteiger partial charge in [0.25, 0.3) is 0 Å². The molecule has 0 aromatic heterocycles. The Kier molecular flexibility index (Phi) is 5.76. The second-order valence-electron chi connectivity index (χ2n) is 12.0. The van der Waals surface area contributed by atoms with Crippen LogP contribution in [0.2, 0.25) is 0 Å². The molecule has 4 aliphatic rings. The summed E-state index contributed by atoms with van der Waals surface area (Å²) in [7, 11) is 0. The summed E-state index contributed by atoms with van der Waals surface area (Å²) in [6, 6.07) is 7.25. The number of rotatable bonds is 6. The number of nitrogens with zero attached hydrogens (tertiary/aromatic N) is 1. The molecule has 3 aliphatic heterocycles. The lowest BCUT2D eigenvalue weighted by Crippen LogP contribution is -2.57. The summed E-state index contributed by atoms with van der Waals surface area (Å²) in [5.41, 5.74) is 5.12. The molecule has 0 saturated carbocycles. The van der Waals surface area contributed by atoms with E-state index in [1.54, 1.807) is 11.1 Å². The predicted molar refractivity (Wildman–Crippen MR) is 127 cm³/mol. The maximum Gasteiger partial charge on any atom is 0.0853 e. The van der Waals surface area contributed by atoms with Crippen molar-refractivity contribution in [1.29, 1.82) is 0 Å². The van der Waals surface area contributed by atoms with Crippen LogP contribution in [-0.4, -0.2) is 41.8 Å². The Labute approximate surface area is 189 Å². The van der Waals surface area contributed by atoms with Crippen LogP contribution in [0.1, 0.15) is 102 Å². The number of aryl methyl sites for hydroxylation is 1. The molecule has 1 aromatic carbocycles. The molecule has 31 heavy (non-hydrogen) atoms. The molecule has 3 heterocycles. The van der Waals surface area contributed by atoms with Crippen LogP contribution in [0.4, 0.5) is 0 Å². The van der Waals surface area contributed by atoms with E-state index in [-0.39, 0.29) is 11.1 Å². The quantitative estimate of drug-likeness (QED) is 0.537. The molecule has 1 spiro atoms. The van der Waals surface area contributed by atoms with E-state index in [1.165, 1.54) is 63.6 Å². The summed E-state index contributed by atoms with van der Waals surface area (Å²) >= 11 is 0. The molecular formula is C28H43NO2. The zero-order chi connectivity index (χ0) is 21.8. The normalized spacial score (nSPS) is 31.4. The first-order valence-electron chi connectivity index (χ1n) is 12.9. The summed E-state index contributed by atoms with van der Waals surface area (Å²) in [6.07, 6.45) is 9.50. The van der Waals surface area contributed by atoms with Crippen molar-refractivity contribution >= 4 is 0 Å². The molecule has 3 heteroatoms. The Bertz CT molecular complexity index is 780. The average molecular weight is 426 g/mol. The lowest BCUT2D eigenvalue weighted by atomic mass is 9.77. The van der Waals surface area contributed by atoms with Gasteiger partial charge >= 0.3 is 0 Å². The van der Waals surface area contributed by atoms with Crippen LogP contribution in [0, 0.1) is 11.8 Å². The third-order valence-electron chi connectivity index (χ3n) is 9.20. The van der Waals surface area contributed by atoms with Gasteiger partial charge in [-0.25, -0.2) is 0 Å². The molecule has 1 aliphatic carbocycles. The largest absolute Gasteiger partial charge is 0.375 e. The van der Waals surface area contributed by atoms with Crippen molar-refractivity contribution in [2.24, 2.45) is 11.8 Å². The summed E-state index contributed by atoms with van der Waals surface area (Å²) in [5.74, 6) is 2.02. The van der Waals surface area contributed by atoms with Crippen molar-refractivity contribution in [3.05, 3.63) is 34.9 Å². The fourth-order valence-electron chi connectivity index (χ4n) is 6.86. The maximum atomic E-state index is 6.22. The highest BCUT2D eigenvalue weighted by Crippen LogP contribution is 2.46. The number of hydrogen-bond donors (Lipinski definition) is 0. The lowest BCUT2D eigenvalue weighted by Gasteiger charge is -2.52. The molecule has 4 unspecified atom stereocenters. The molecule has 5 rings (SSSR count). The Morgan fingerprint density at radius 2 is 1.84 bits per heavy atom. The van der Waals surface area contributed by atoms with Gasteiger partial charge in [0.15, 0.2) is 0 Å². The highest BCUT2D eigenvalue weighted by Gasteiger charge is 2.44. The van der Waals surface area contributed by atoms with Gasteiger partial charge in [-0.2, -0.15) is 0 Å². The molecule has 0 radical (unpaired) electrons. The highest BCUT2D eigenvalue weighted by atomic mass is 16.5. The maximum absolute atomic E-state index is 6.22. The van der Waals surface area contributed by atoms with Gasteiger partial charge in [-0.3, -0.25) is 4.90 Å². The van der Waals surface area contributed by atoms with Crippen molar-refractivity contribution < 1.29 is 9.47 Å². The van der Waals surface area contributed by atoms with Gasteiger partial charge in [-0.05, 0) is 86.8 Å². The molecule has 0 bridgehead atoms. The Morgan fingerprint density at radius 1 is 1.13 bits per heavy atom. The Morgan fingerprint density at radius 3 is 2.45 bits per heavy atom. The predicted octanol–water partition coefficient (Wildman–Crippen LogP) is 6.26. The summed E-state index contributed by atoms with van der Waals surface area (Å²) < 4.78 is 12.2. The van der Waals surface area contributed by atoms with E-state index in [0.29, 0.717) is 30.0 Å². The van der Waals surface area contributed by atoms with E-state index in [4.69, 9.17) is 9.47 Å². The van der Waals surface area contributed by atoms with Crippen LogP contribution in [0.3, 0.4) is 0 Å². The first-order valence-corrected chi connectivity index (χ1v) is 12.9. The summed E-state index contributed by atoms with van der Waals surface area (Å²) in [5, 5.41) is 0. The number of hydrogen-bond acceptors (Lipinski definition) is 3. The van der Waals surface area contributed by atoms with E-state index < -0.39 is 0 Å². The van der Waals surface area contributed by atoms with E-state index in [9.17, 15) is 0 Å². The third kappa shape index (κ3) is 4.11. The highest BCUT2D eigenvalue weighted by molar-refractivity contribution is 5.40. The van der Waals surface area contributed by atoms with Gasteiger partial charge in [0, 0.05) is 25.0 Å². The molecule has 0 N–H and O–H groups in total. The summed E-state index contributed by atoms with van der Waals surface area (Å²) in [4.78, 5) is 2.75. The third-order valence-corrected chi connectivity index (χ3v) is 9.20. The van der Waals surface area contributed by atoms with Gasteiger partial charge in [0.1, 0.15) is 0 Å². The minimum absolute atomic E-state index is 0.247. The topological polar surface area (TPSA) is 21.7 Å². The van der Waals surface area contributed by atoms with E-state index in [1.807, 2.05) is 0 Å². The van der Waals surface area contributed by atoms with E-state index in [0.717, 1.165) is 6.61 Å². The first kappa shape index (κ1) is 21.9. The number of fused-ring (bicyclic) bond motifs is 1. The summed E-state index contributed by atoms with van der Waals surface area (Å²) in [6.45, 7) is 15.4. The van der Waals surface area contributed by atoms with Crippen LogP contribution >= 0.6 is 0 Å². The van der Waals surface area contributed by atoms with Crippen LogP contribution in [0.15, 0.2) is 18.2 Å². The molecule has 3 fully saturated rings. The Hall–Kier alpha value is -0.900. The van der Waals surface area contributed by atoms with Crippen molar-refractivity contribution in [2.75, 3.05) is 19.7 Å². The zero-order valence-corrected chi connectivity index (χ0v) is 20.5. The second-order valence-corrected chi connectivity index (χ2v) is 12.0.